The smallest absolute Gasteiger partial charge is 0.161 e. The first-order valence-corrected chi connectivity index (χ1v) is 6.00. The SMILES string of the molecule is CSc1cccc2c1c(C(C)=O)cn2C. The number of hydrogen-bond acceptors (Lipinski definition) is 2. The van der Waals surface area contributed by atoms with E-state index in [2.05, 4.69) is 6.07 Å². The number of nitrogens with zero attached hydrogens (tertiary/aromatic N) is 1. The number of carbonyl (C=O) groups excluding carboxylic acids is 1. The Kier molecular flexibility index (Phi) is 2.57. The number of ketones is 1. The number of benzene rings is 1. The molecule has 1 aromatic heterocycles. The van der Waals surface area contributed by atoms with Gasteiger partial charge in [0.2, 0.25) is 0 Å². The van der Waals surface area contributed by atoms with Gasteiger partial charge < -0.3 is 4.57 Å². The Bertz CT molecular complexity index is 528. The fourth-order valence-corrected chi connectivity index (χ4v) is 2.48. The summed E-state index contributed by atoms with van der Waals surface area (Å²) < 4.78 is 2.01. The largest absolute Gasteiger partial charge is 0.350 e. The maximum atomic E-state index is 11.5. The number of fused-ring (bicyclic) bond motifs is 1. The van der Waals surface area contributed by atoms with Crippen LogP contribution in [0.15, 0.2) is 29.3 Å². The second-order valence-electron chi connectivity index (χ2n) is 3.56. The predicted molar refractivity (Wildman–Crippen MR) is 64.7 cm³/mol. The first-order chi connectivity index (χ1) is 7.15. The fourth-order valence-electron chi connectivity index (χ4n) is 1.85. The summed E-state index contributed by atoms with van der Waals surface area (Å²) in [6.07, 6.45) is 3.94. The Morgan fingerprint density at radius 3 is 2.73 bits per heavy atom. The van der Waals surface area contributed by atoms with E-state index < -0.39 is 0 Å². The molecule has 0 aliphatic rings. The summed E-state index contributed by atoms with van der Waals surface area (Å²) in [7, 11) is 1.97. The molecule has 0 N–H and O–H groups in total. The van der Waals surface area contributed by atoms with Crippen molar-refractivity contribution in [2.45, 2.75) is 11.8 Å². The zero-order chi connectivity index (χ0) is 11.0. The van der Waals surface area contributed by atoms with Crippen molar-refractivity contribution in [2.24, 2.45) is 7.05 Å². The number of Topliss-reactive ketones (excluding diaryl/α,β-unsaturated/α-hetero) is 1. The van der Waals surface area contributed by atoms with Crippen molar-refractivity contribution in [3.8, 4) is 0 Å². The van der Waals surface area contributed by atoms with Crippen molar-refractivity contribution >= 4 is 28.4 Å². The molecule has 0 unspecified atom stereocenters. The quantitative estimate of drug-likeness (QED) is 0.572. The number of rotatable bonds is 2. The highest BCUT2D eigenvalue weighted by molar-refractivity contribution is 7.98. The van der Waals surface area contributed by atoms with Crippen molar-refractivity contribution in [2.75, 3.05) is 6.26 Å². The van der Waals surface area contributed by atoms with Crippen LogP contribution in [0.2, 0.25) is 0 Å². The minimum absolute atomic E-state index is 0.127. The summed E-state index contributed by atoms with van der Waals surface area (Å²) in [5.41, 5.74) is 1.93. The van der Waals surface area contributed by atoms with Crippen molar-refractivity contribution in [1.29, 1.82) is 0 Å². The Hall–Kier alpha value is -1.22. The van der Waals surface area contributed by atoms with E-state index in [0.717, 1.165) is 16.5 Å². The molecule has 15 heavy (non-hydrogen) atoms. The molecule has 78 valence electrons. The van der Waals surface area contributed by atoms with Crippen LogP contribution in [0.5, 0.6) is 0 Å². The van der Waals surface area contributed by atoms with Gasteiger partial charge in [0.25, 0.3) is 0 Å². The van der Waals surface area contributed by atoms with E-state index in [9.17, 15) is 4.79 Å². The van der Waals surface area contributed by atoms with Crippen molar-refractivity contribution < 1.29 is 4.79 Å². The molecule has 3 heteroatoms. The van der Waals surface area contributed by atoms with Gasteiger partial charge in [-0.25, -0.2) is 0 Å². The van der Waals surface area contributed by atoms with Gasteiger partial charge in [-0.3, -0.25) is 4.79 Å². The molecule has 0 radical (unpaired) electrons. The van der Waals surface area contributed by atoms with Gasteiger partial charge in [0.1, 0.15) is 0 Å². The first-order valence-electron chi connectivity index (χ1n) is 4.78. The molecule has 1 heterocycles. The second-order valence-corrected chi connectivity index (χ2v) is 4.41. The van der Waals surface area contributed by atoms with Gasteiger partial charge in [-0.2, -0.15) is 0 Å². The van der Waals surface area contributed by atoms with Crippen LogP contribution in [0, 0.1) is 0 Å². The molecule has 0 aliphatic heterocycles. The zero-order valence-electron chi connectivity index (χ0n) is 9.07. The third kappa shape index (κ3) is 1.57. The molecule has 0 saturated heterocycles. The first kappa shape index (κ1) is 10.3. The lowest BCUT2D eigenvalue weighted by atomic mass is 10.1. The molecule has 2 nitrogen and oxygen atoms in total. The highest BCUT2D eigenvalue weighted by atomic mass is 32.2. The van der Waals surface area contributed by atoms with Crippen LogP contribution in [0.1, 0.15) is 17.3 Å². The number of hydrogen-bond donors (Lipinski definition) is 0. The van der Waals surface area contributed by atoms with Gasteiger partial charge in [-0.1, -0.05) is 6.07 Å². The monoisotopic (exact) mass is 219 g/mol. The lowest BCUT2D eigenvalue weighted by Crippen LogP contribution is -1.90. The summed E-state index contributed by atoms with van der Waals surface area (Å²) in [5.74, 6) is 0.127. The zero-order valence-corrected chi connectivity index (χ0v) is 9.89. The van der Waals surface area contributed by atoms with Gasteiger partial charge >= 0.3 is 0 Å². The summed E-state index contributed by atoms with van der Waals surface area (Å²) in [6.45, 7) is 1.62. The number of aromatic nitrogens is 1. The Balaban J connectivity index is 2.88. The normalized spacial score (nSPS) is 10.9. The average Bonchev–Trinajstić information content (AvgIpc) is 2.56. The molecule has 0 aliphatic carbocycles. The van der Waals surface area contributed by atoms with Crippen molar-refractivity contribution in [3.63, 3.8) is 0 Å². The van der Waals surface area contributed by atoms with Gasteiger partial charge in [0, 0.05) is 34.6 Å². The molecular formula is C12H13NOS. The topological polar surface area (TPSA) is 22.0 Å². The van der Waals surface area contributed by atoms with E-state index in [1.54, 1.807) is 18.7 Å². The molecule has 0 atom stereocenters. The molecule has 0 spiro atoms. The number of carbonyl (C=O) groups is 1. The maximum absolute atomic E-state index is 11.5. The highest BCUT2D eigenvalue weighted by Gasteiger charge is 2.12. The van der Waals surface area contributed by atoms with Crippen LogP contribution in [0.3, 0.4) is 0 Å². The molecule has 0 bridgehead atoms. The minimum Gasteiger partial charge on any atom is -0.350 e. The number of aryl methyl sites for hydroxylation is 1. The molecule has 2 aromatic rings. The van der Waals surface area contributed by atoms with Crippen molar-refractivity contribution in [1.82, 2.24) is 4.57 Å². The van der Waals surface area contributed by atoms with E-state index in [0.29, 0.717) is 0 Å². The van der Waals surface area contributed by atoms with Gasteiger partial charge in [-0.15, -0.1) is 11.8 Å². The number of thioether (sulfide) groups is 1. The Labute approximate surface area is 93.3 Å². The lowest BCUT2D eigenvalue weighted by molar-refractivity contribution is 0.101. The van der Waals surface area contributed by atoms with Crippen LogP contribution in [-0.4, -0.2) is 16.6 Å². The summed E-state index contributed by atoms with van der Waals surface area (Å²) in [6, 6.07) is 6.12. The summed E-state index contributed by atoms with van der Waals surface area (Å²) >= 11 is 1.68. The molecule has 0 saturated carbocycles. The van der Waals surface area contributed by atoms with E-state index in [1.165, 1.54) is 4.90 Å². The van der Waals surface area contributed by atoms with E-state index >= 15 is 0 Å². The molecule has 1 aromatic carbocycles. The Morgan fingerprint density at radius 2 is 2.13 bits per heavy atom. The second kappa shape index (κ2) is 3.74. The third-order valence-electron chi connectivity index (χ3n) is 2.58. The van der Waals surface area contributed by atoms with Crippen LogP contribution in [-0.2, 0) is 7.05 Å². The summed E-state index contributed by atoms with van der Waals surface area (Å²) in [5, 5.41) is 1.08. The predicted octanol–water partition coefficient (Wildman–Crippen LogP) is 3.10. The lowest BCUT2D eigenvalue weighted by Gasteiger charge is -2.01. The molecule has 0 amide bonds. The van der Waals surface area contributed by atoms with E-state index in [-0.39, 0.29) is 5.78 Å². The van der Waals surface area contributed by atoms with Crippen LogP contribution in [0.25, 0.3) is 10.9 Å². The highest BCUT2D eigenvalue weighted by Crippen LogP contribution is 2.30. The minimum atomic E-state index is 0.127. The Morgan fingerprint density at radius 1 is 1.40 bits per heavy atom. The van der Waals surface area contributed by atoms with E-state index in [4.69, 9.17) is 0 Å². The van der Waals surface area contributed by atoms with Gasteiger partial charge in [-0.05, 0) is 25.3 Å². The standard InChI is InChI=1S/C12H13NOS/c1-8(14)9-7-13(2)10-5-4-6-11(15-3)12(9)10/h4-7H,1-3H3. The van der Waals surface area contributed by atoms with Crippen molar-refractivity contribution in [3.05, 3.63) is 30.0 Å². The third-order valence-corrected chi connectivity index (χ3v) is 3.36. The average molecular weight is 219 g/mol. The molecular weight excluding hydrogens is 206 g/mol. The van der Waals surface area contributed by atoms with Crippen LogP contribution < -0.4 is 0 Å². The van der Waals surface area contributed by atoms with Crippen LogP contribution in [0.4, 0.5) is 0 Å². The maximum Gasteiger partial charge on any atom is 0.161 e. The van der Waals surface area contributed by atoms with Crippen LogP contribution >= 0.6 is 11.8 Å². The molecule has 2 rings (SSSR count). The molecule has 0 fully saturated rings. The fraction of sp³-hybridized carbons (Fsp3) is 0.250. The summed E-state index contributed by atoms with van der Waals surface area (Å²) in [4.78, 5) is 12.7. The van der Waals surface area contributed by atoms with E-state index in [1.807, 2.05) is 36.2 Å². The van der Waals surface area contributed by atoms with Gasteiger partial charge in [0.05, 0.1) is 0 Å². The van der Waals surface area contributed by atoms with Gasteiger partial charge in [0.15, 0.2) is 5.78 Å².